The van der Waals surface area contributed by atoms with Gasteiger partial charge in [-0.25, -0.2) is 0 Å². The maximum Gasteiger partial charge on any atom is 0.270 e. The van der Waals surface area contributed by atoms with Crippen molar-refractivity contribution in [3.05, 3.63) is 105 Å². The van der Waals surface area contributed by atoms with E-state index in [1.165, 1.54) is 23.6 Å². The van der Waals surface area contributed by atoms with Crippen molar-refractivity contribution in [1.29, 1.82) is 0 Å². The van der Waals surface area contributed by atoms with Gasteiger partial charge >= 0.3 is 0 Å². The largest absolute Gasteiger partial charge is 0.858 e. The molecule has 3 aromatic carbocycles. The van der Waals surface area contributed by atoms with Crippen molar-refractivity contribution in [2.45, 2.75) is 13.8 Å². The predicted molar refractivity (Wildman–Crippen MR) is 124 cm³/mol. The van der Waals surface area contributed by atoms with Crippen molar-refractivity contribution in [2.24, 2.45) is 10.1 Å². The number of hydrogen-bond donors (Lipinski definition) is 1. The van der Waals surface area contributed by atoms with E-state index in [9.17, 15) is 20.0 Å². The smallest absolute Gasteiger partial charge is 0.270 e. The molecular formula is C25H20N4O4. The Morgan fingerprint density at radius 2 is 1.73 bits per heavy atom. The zero-order chi connectivity index (χ0) is 23.5. The molecule has 0 aliphatic heterocycles. The molecule has 0 amide bonds. The molecule has 2 N–H and O–H groups in total. The fraction of sp³-hybridized carbons (Fsp3) is 0.0800. The number of nitrogens with two attached hydrogens (primary N) is 1. The standard InChI is InChI=1S/C25H20N4O4/c1-15-7-9-18(10-8-15)26-25(31)21-14-17-5-3-4-6-20(17)23(24(21)30)28-27-22-12-11-19(29(32)33)13-16(22)2/h3-14,27H,1-2H3,(H,26,31). The molecule has 0 atom stereocenters. The number of nitrogens with zero attached hydrogens (tertiary/aromatic N) is 3. The number of aryl methyl sites for hydroxylation is 2. The third-order valence-electron chi connectivity index (χ3n) is 5.27. The maximum absolute atomic E-state index is 13.2. The lowest BCUT2D eigenvalue weighted by atomic mass is 9.89. The number of ketones is 1. The number of aliphatic imine (C=N–C) groups is 1. The first-order valence-electron chi connectivity index (χ1n) is 10.2. The summed E-state index contributed by atoms with van der Waals surface area (Å²) in [6.07, 6.45) is 1.54. The average Bonchev–Trinajstić information content (AvgIpc) is 2.80. The van der Waals surface area contributed by atoms with Crippen LogP contribution < -0.4 is 10.5 Å². The topological polar surface area (TPSA) is 125 Å². The number of carbonyl (C=O) groups excluding carboxylic acids is 1. The van der Waals surface area contributed by atoms with Crippen LogP contribution in [0.15, 0.2) is 82.4 Å². The number of nitro groups is 1. The Morgan fingerprint density at radius 1 is 1.00 bits per heavy atom. The molecule has 0 heterocycles. The summed E-state index contributed by atoms with van der Waals surface area (Å²) in [5.74, 6) is -1.16. The van der Waals surface area contributed by atoms with E-state index in [1.807, 2.05) is 25.1 Å². The number of quaternary nitrogens is 1. The molecule has 3 aromatic rings. The first-order chi connectivity index (χ1) is 15.8. The Balaban J connectivity index is 1.71. The lowest BCUT2D eigenvalue weighted by Crippen LogP contribution is -2.72. The molecule has 0 fully saturated rings. The Kier molecular flexibility index (Phi) is 5.93. The molecule has 0 spiro atoms. The van der Waals surface area contributed by atoms with Gasteiger partial charge in [0.2, 0.25) is 5.78 Å². The lowest BCUT2D eigenvalue weighted by Gasteiger charge is -2.20. The van der Waals surface area contributed by atoms with Crippen molar-refractivity contribution >= 4 is 40.5 Å². The van der Waals surface area contributed by atoms with E-state index in [2.05, 4.69) is 10.1 Å². The number of nitro benzene ring substituents is 1. The highest BCUT2D eigenvalue weighted by atomic mass is 16.6. The molecule has 0 radical (unpaired) electrons. The summed E-state index contributed by atoms with van der Waals surface area (Å²) in [5.41, 5.74) is 5.57. The van der Waals surface area contributed by atoms with Gasteiger partial charge in [0.05, 0.1) is 10.6 Å². The van der Waals surface area contributed by atoms with Crippen molar-refractivity contribution in [1.82, 2.24) is 0 Å². The molecule has 33 heavy (non-hydrogen) atoms. The molecule has 4 rings (SSSR count). The van der Waals surface area contributed by atoms with E-state index in [0.29, 0.717) is 28.1 Å². The Bertz CT molecular complexity index is 1360. The van der Waals surface area contributed by atoms with E-state index in [4.69, 9.17) is 0 Å². The van der Waals surface area contributed by atoms with Gasteiger partial charge in [-0.3, -0.25) is 19.9 Å². The minimum Gasteiger partial charge on any atom is -0.858 e. The van der Waals surface area contributed by atoms with Crippen molar-refractivity contribution in [3.63, 3.8) is 0 Å². The van der Waals surface area contributed by atoms with Gasteiger partial charge in [-0.1, -0.05) is 47.1 Å². The highest BCUT2D eigenvalue weighted by molar-refractivity contribution is 6.58. The highest BCUT2D eigenvalue weighted by Crippen LogP contribution is 2.24. The van der Waals surface area contributed by atoms with Gasteiger partial charge < -0.3 is 5.11 Å². The second kappa shape index (κ2) is 8.97. The third-order valence-corrected chi connectivity index (χ3v) is 5.27. The number of hydrogen-bond acceptors (Lipinski definition) is 6. The molecule has 1 aliphatic carbocycles. The molecule has 164 valence electrons. The van der Waals surface area contributed by atoms with E-state index in [0.717, 1.165) is 5.56 Å². The summed E-state index contributed by atoms with van der Waals surface area (Å²) in [6, 6.07) is 18.7. The molecule has 0 bridgehead atoms. The molecule has 0 saturated carbocycles. The van der Waals surface area contributed by atoms with Gasteiger partial charge in [-0.05, 0) is 43.5 Å². The highest BCUT2D eigenvalue weighted by Gasteiger charge is 2.27. The Morgan fingerprint density at radius 3 is 2.42 bits per heavy atom. The average molecular weight is 440 g/mol. The number of fused-ring (bicyclic) bond motifs is 1. The van der Waals surface area contributed by atoms with E-state index in [-0.39, 0.29) is 17.0 Å². The van der Waals surface area contributed by atoms with Crippen LogP contribution in [0.2, 0.25) is 0 Å². The van der Waals surface area contributed by atoms with Gasteiger partial charge in [0.15, 0.2) is 11.4 Å². The van der Waals surface area contributed by atoms with E-state index < -0.39 is 16.6 Å². The van der Waals surface area contributed by atoms with E-state index in [1.54, 1.807) is 43.3 Å². The summed E-state index contributed by atoms with van der Waals surface area (Å²) in [5, 5.41) is 28.2. The third kappa shape index (κ3) is 4.60. The summed E-state index contributed by atoms with van der Waals surface area (Å²) in [4.78, 5) is 27.8. The summed E-state index contributed by atoms with van der Waals surface area (Å²) in [6.45, 7) is 3.66. The number of rotatable bonds is 5. The number of non-ortho nitro benzene ring substituents is 1. The van der Waals surface area contributed by atoms with Gasteiger partial charge in [0, 0.05) is 34.9 Å². The minimum absolute atomic E-state index is 0.0232. The summed E-state index contributed by atoms with van der Waals surface area (Å²) < 4.78 is 0. The van der Waals surface area contributed by atoms with Crippen molar-refractivity contribution in [3.8, 4) is 0 Å². The Labute approximate surface area is 189 Å². The van der Waals surface area contributed by atoms with Crippen LogP contribution in [-0.2, 0) is 4.79 Å². The molecule has 8 nitrogen and oxygen atoms in total. The molecule has 8 heteroatoms. The molecular weight excluding hydrogens is 420 g/mol. The van der Waals surface area contributed by atoms with Crippen LogP contribution in [0.4, 0.5) is 17.1 Å². The van der Waals surface area contributed by atoms with Crippen LogP contribution in [0.1, 0.15) is 22.3 Å². The quantitative estimate of drug-likeness (QED) is 0.164. The fourth-order valence-electron chi connectivity index (χ4n) is 3.45. The van der Waals surface area contributed by atoms with Crippen LogP contribution in [0.25, 0.3) is 6.08 Å². The number of Topliss-reactive ketones (excluding diaryl/α,β-unsaturated/α-hetero) is 1. The van der Waals surface area contributed by atoms with Gasteiger partial charge in [0.1, 0.15) is 0 Å². The molecule has 1 aliphatic rings. The first kappa shape index (κ1) is 21.8. The van der Waals surface area contributed by atoms with Gasteiger partial charge in [0.25, 0.3) is 5.69 Å². The predicted octanol–water partition coefficient (Wildman–Crippen LogP) is 2.87. The first-order valence-corrected chi connectivity index (χ1v) is 10.2. The number of benzene rings is 3. The SMILES string of the molecule is Cc1ccc(N=C([O-])C2=Cc3ccccc3C(=N[NH2+]c3ccc([N+](=O)[O-])cc3C)C2=O)cc1. The number of carbonyl (C=O) groups is 1. The van der Waals surface area contributed by atoms with Gasteiger partial charge in [-0.15, -0.1) is 0 Å². The van der Waals surface area contributed by atoms with Crippen LogP contribution in [0.5, 0.6) is 0 Å². The second-order valence-electron chi connectivity index (χ2n) is 7.63. The van der Waals surface area contributed by atoms with Crippen LogP contribution in [-0.4, -0.2) is 22.3 Å². The fourth-order valence-corrected chi connectivity index (χ4v) is 3.45. The van der Waals surface area contributed by atoms with Gasteiger partial charge in [-0.2, -0.15) is 5.43 Å². The van der Waals surface area contributed by atoms with Crippen LogP contribution >= 0.6 is 0 Å². The lowest BCUT2D eigenvalue weighted by molar-refractivity contribution is -0.577. The summed E-state index contributed by atoms with van der Waals surface area (Å²) >= 11 is 0. The molecule has 0 aromatic heterocycles. The van der Waals surface area contributed by atoms with E-state index >= 15 is 0 Å². The van der Waals surface area contributed by atoms with Crippen molar-refractivity contribution in [2.75, 3.05) is 0 Å². The van der Waals surface area contributed by atoms with Crippen molar-refractivity contribution < 1.29 is 20.3 Å². The molecule has 0 unspecified atom stereocenters. The monoisotopic (exact) mass is 440 g/mol. The maximum atomic E-state index is 13.2. The zero-order valence-electron chi connectivity index (χ0n) is 18.0. The van der Waals surface area contributed by atoms with Crippen LogP contribution in [0, 0.1) is 24.0 Å². The minimum atomic E-state index is -0.641. The zero-order valence-corrected chi connectivity index (χ0v) is 18.0. The molecule has 0 saturated heterocycles. The normalized spacial score (nSPS) is 14.7. The second-order valence-corrected chi connectivity index (χ2v) is 7.63. The summed E-state index contributed by atoms with van der Waals surface area (Å²) in [7, 11) is 0. The Hall–Kier alpha value is -4.43. The van der Waals surface area contributed by atoms with Crippen LogP contribution in [0.3, 0.4) is 0 Å².